The number of nitrogens with zero attached hydrogens (tertiary/aromatic N) is 9. The fourth-order valence-corrected chi connectivity index (χ4v) is 2.32. The Labute approximate surface area is 181 Å². The maximum Gasteiger partial charge on any atom is 0.229 e. The highest BCUT2D eigenvalue weighted by Crippen LogP contribution is 2.08. The fraction of sp³-hybridized carbons (Fsp3) is 0.357. The van der Waals surface area contributed by atoms with Gasteiger partial charge in [0.05, 0.1) is 0 Å². The Morgan fingerprint density at radius 1 is 0.438 bits per heavy atom. The number of hydrogen-bond donors (Lipinski definition) is 9. The van der Waals surface area contributed by atoms with Crippen molar-refractivity contribution in [3.63, 3.8) is 0 Å². The van der Waals surface area contributed by atoms with Crippen LogP contribution >= 0.6 is 0 Å². The summed E-state index contributed by atoms with van der Waals surface area (Å²) in [5.74, 6) is 1.82. The van der Waals surface area contributed by atoms with Crippen LogP contribution in [0.4, 0.5) is 53.5 Å². The second kappa shape index (κ2) is 10.3. The largest absolute Gasteiger partial charge is 0.368 e. The van der Waals surface area contributed by atoms with Crippen LogP contribution in [-0.4, -0.2) is 78.1 Å². The number of nitrogens with one attached hydrogen (secondary N) is 5. The van der Waals surface area contributed by atoms with Crippen molar-refractivity contribution < 1.29 is 0 Å². The molecule has 0 spiro atoms. The van der Waals surface area contributed by atoms with Gasteiger partial charge < -0.3 is 49.5 Å². The third-order valence-electron chi connectivity index (χ3n) is 3.58. The van der Waals surface area contributed by atoms with Gasteiger partial charge in [-0.1, -0.05) is 0 Å². The van der Waals surface area contributed by atoms with Crippen molar-refractivity contribution in [2.45, 2.75) is 0 Å². The molecule has 0 atom stereocenters. The maximum absolute atomic E-state index is 5.76. The lowest BCUT2D eigenvalue weighted by Gasteiger charge is -2.10. The molecule has 0 saturated carbocycles. The van der Waals surface area contributed by atoms with Crippen LogP contribution in [0.5, 0.6) is 0 Å². The van der Waals surface area contributed by atoms with Crippen LogP contribution < -0.4 is 49.5 Å². The minimum Gasteiger partial charge on any atom is -0.368 e. The van der Waals surface area contributed by atoms with E-state index < -0.39 is 0 Å². The molecule has 0 aliphatic carbocycles. The molecule has 0 aliphatic rings. The molecule has 18 nitrogen and oxygen atoms in total. The molecule has 0 aromatic carbocycles. The van der Waals surface area contributed by atoms with E-state index in [1.165, 1.54) is 0 Å². The van der Waals surface area contributed by atoms with Crippen LogP contribution in [0.2, 0.25) is 0 Å². The summed E-state index contributed by atoms with van der Waals surface area (Å²) in [5.41, 5.74) is 22.4. The molecular weight excluding hydrogens is 420 g/mol. The SMILES string of the molecule is CNc1nc(N)nc(NCCNc2nc(N)nc(NCCNc3nc(N)nc(N)n3)n2)n1. The van der Waals surface area contributed by atoms with Crippen LogP contribution in [0.1, 0.15) is 0 Å². The number of aromatic nitrogens is 9. The molecule has 0 radical (unpaired) electrons. The maximum atomic E-state index is 5.76. The molecule has 0 aliphatic heterocycles. The zero-order valence-corrected chi connectivity index (χ0v) is 17.2. The van der Waals surface area contributed by atoms with Crippen molar-refractivity contribution in [1.29, 1.82) is 0 Å². The normalized spacial score (nSPS) is 10.4. The first-order chi connectivity index (χ1) is 15.4. The second-order valence-corrected chi connectivity index (χ2v) is 6.01. The summed E-state index contributed by atoms with van der Waals surface area (Å²) in [7, 11) is 1.69. The molecule has 170 valence electrons. The summed E-state index contributed by atoms with van der Waals surface area (Å²) >= 11 is 0. The van der Waals surface area contributed by atoms with Gasteiger partial charge in [-0.05, 0) is 0 Å². The summed E-state index contributed by atoms with van der Waals surface area (Å²) in [4.78, 5) is 36.0. The molecular formula is C14H24N18. The van der Waals surface area contributed by atoms with E-state index in [9.17, 15) is 0 Å². The number of nitrogens with two attached hydrogens (primary N) is 4. The lowest BCUT2D eigenvalue weighted by molar-refractivity contribution is 0.954. The molecule has 0 saturated heterocycles. The fourth-order valence-electron chi connectivity index (χ4n) is 2.32. The molecule has 32 heavy (non-hydrogen) atoms. The first-order valence-corrected chi connectivity index (χ1v) is 9.34. The first-order valence-electron chi connectivity index (χ1n) is 9.34. The van der Waals surface area contributed by atoms with E-state index in [1.54, 1.807) is 7.05 Å². The Bertz CT molecular complexity index is 1020. The predicted molar refractivity (Wildman–Crippen MR) is 121 cm³/mol. The Morgan fingerprint density at radius 3 is 1.09 bits per heavy atom. The zero-order valence-electron chi connectivity index (χ0n) is 17.2. The number of hydrogen-bond acceptors (Lipinski definition) is 18. The van der Waals surface area contributed by atoms with Gasteiger partial charge in [-0.15, -0.1) is 0 Å². The van der Waals surface area contributed by atoms with Crippen LogP contribution in [0.3, 0.4) is 0 Å². The number of nitrogen functional groups attached to an aromatic ring is 4. The average molecular weight is 444 g/mol. The Balaban J connectivity index is 1.45. The van der Waals surface area contributed by atoms with E-state index >= 15 is 0 Å². The molecule has 3 aromatic rings. The van der Waals surface area contributed by atoms with E-state index in [1.807, 2.05) is 0 Å². The van der Waals surface area contributed by atoms with Gasteiger partial charge in [0.25, 0.3) is 0 Å². The Morgan fingerprint density at radius 2 is 0.719 bits per heavy atom. The van der Waals surface area contributed by atoms with Crippen molar-refractivity contribution in [2.24, 2.45) is 0 Å². The van der Waals surface area contributed by atoms with Crippen LogP contribution in [-0.2, 0) is 0 Å². The highest BCUT2D eigenvalue weighted by molar-refractivity contribution is 5.42. The van der Waals surface area contributed by atoms with Crippen molar-refractivity contribution in [1.82, 2.24) is 44.9 Å². The van der Waals surface area contributed by atoms with Gasteiger partial charge in [-0.3, -0.25) is 0 Å². The van der Waals surface area contributed by atoms with E-state index in [2.05, 4.69) is 71.4 Å². The lowest BCUT2D eigenvalue weighted by Crippen LogP contribution is -2.20. The van der Waals surface area contributed by atoms with Crippen LogP contribution in [0, 0.1) is 0 Å². The monoisotopic (exact) mass is 444 g/mol. The van der Waals surface area contributed by atoms with E-state index in [4.69, 9.17) is 22.9 Å². The van der Waals surface area contributed by atoms with Crippen molar-refractivity contribution in [3.05, 3.63) is 0 Å². The molecule has 0 amide bonds. The average Bonchev–Trinajstić information content (AvgIpc) is 2.73. The van der Waals surface area contributed by atoms with Gasteiger partial charge in [0.15, 0.2) is 0 Å². The minimum atomic E-state index is 0.0323. The molecule has 13 N–H and O–H groups in total. The Kier molecular flexibility index (Phi) is 7.07. The summed E-state index contributed by atoms with van der Waals surface area (Å²) in [6.45, 7) is 1.78. The smallest absolute Gasteiger partial charge is 0.229 e. The summed E-state index contributed by atoms with van der Waals surface area (Å²) in [5, 5.41) is 14.8. The van der Waals surface area contributed by atoms with Gasteiger partial charge >= 0.3 is 0 Å². The second-order valence-electron chi connectivity index (χ2n) is 6.01. The molecule has 0 bridgehead atoms. The van der Waals surface area contributed by atoms with Gasteiger partial charge in [0.1, 0.15) is 0 Å². The first kappa shape index (κ1) is 21.9. The summed E-state index contributed by atoms with van der Waals surface area (Å²) < 4.78 is 0. The van der Waals surface area contributed by atoms with Gasteiger partial charge in [-0.2, -0.15) is 44.9 Å². The van der Waals surface area contributed by atoms with Gasteiger partial charge in [-0.25, -0.2) is 0 Å². The quantitative estimate of drug-likeness (QED) is 0.140. The molecule has 3 aromatic heterocycles. The van der Waals surface area contributed by atoms with Gasteiger partial charge in [0.2, 0.25) is 53.5 Å². The molecule has 0 unspecified atom stereocenters. The number of anilines is 9. The number of rotatable bonds is 11. The topological polar surface area (TPSA) is 280 Å². The standard InChI is InChI=1S/C14H24N18/c1-19-10-25-8(17)28-12(31-10)21-4-5-23-14-30-9(18)29-13(32-14)22-3-2-20-11-26-6(15)24-7(16)27-11/h2-5H2,1H3,(H5,15,16,20,24,26,27)(H4,17,19,21,25,28,31)(H4,18,22,23,29,30,32). The predicted octanol–water partition coefficient (Wildman–Crippen LogP) is -2.34. The highest BCUT2D eigenvalue weighted by atomic mass is 15.3. The van der Waals surface area contributed by atoms with Crippen molar-refractivity contribution in [3.8, 4) is 0 Å². The Hall–Kier alpha value is -4.77. The van der Waals surface area contributed by atoms with Crippen LogP contribution in [0.15, 0.2) is 0 Å². The van der Waals surface area contributed by atoms with E-state index in [0.29, 0.717) is 50.0 Å². The summed E-state index contributed by atoms with van der Waals surface area (Å²) in [6.07, 6.45) is 0. The highest BCUT2D eigenvalue weighted by Gasteiger charge is 2.06. The van der Waals surface area contributed by atoms with Crippen LogP contribution in [0.25, 0.3) is 0 Å². The van der Waals surface area contributed by atoms with E-state index in [-0.39, 0.29) is 29.7 Å². The lowest BCUT2D eigenvalue weighted by atomic mass is 10.6. The van der Waals surface area contributed by atoms with Crippen molar-refractivity contribution >= 4 is 53.5 Å². The zero-order chi connectivity index (χ0) is 22.9. The van der Waals surface area contributed by atoms with Gasteiger partial charge in [0, 0.05) is 33.2 Å². The van der Waals surface area contributed by atoms with E-state index in [0.717, 1.165) is 0 Å². The molecule has 18 heteroatoms. The third kappa shape index (κ3) is 6.64. The minimum absolute atomic E-state index is 0.0323. The van der Waals surface area contributed by atoms with Crippen molar-refractivity contribution in [2.75, 3.05) is 82.7 Å². The molecule has 0 fully saturated rings. The molecule has 3 heterocycles. The molecule has 3 rings (SSSR count). The third-order valence-corrected chi connectivity index (χ3v) is 3.58. The summed E-state index contributed by atoms with van der Waals surface area (Å²) in [6, 6.07) is 0.